The Morgan fingerprint density at radius 1 is 1.44 bits per heavy atom. The van der Waals surface area contributed by atoms with Gasteiger partial charge in [0.1, 0.15) is 5.15 Å². The first kappa shape index (κ1) is 8.87. The lowest BCUT2D eigenvalue weighted by atomic mass is 10.5. The van der Waals surface area contributed by atoms with Crippen LogP contribution in [-0.2, 0) is 0 Å². The topological polar surface area (TPSA) is 12.9 Å². The molecule has 0 saturated heterocycles. The number of hydrogen-bond donors (Lipinski definition) is 0. The van der Waals surface area contributed by atoms with E-state index in [1.54, 1.807) is 12.3 Å². The molecule has 1 unspecified atom stereocenters. The molecular formula is C6H9ClNP. The van der Waals surface area contributed by atoms with E-state index in [-0.39, 0.29) is 0 Å². The van der Waals surface area contributed by atoms with E-state index in [4.69, 9.17) is 11.6 Å². The predicted molar refractivity (Wildman–Crippen MR) is 44.9 cm³/mol. The van der Waals surface area contributed by atoms with Crippen LogP contribution in [0.15, 0.2) is 24.4 Å². The van der Waals surface area contributed by atoms with Gasteiger partial charge in [0.15, 0.2) is 0 Å². The standard InChI is InChI=1S/C5H4ClN.CH5P/c6-5-3-1-2-4-7-5;1-2/h1-4H;2H2,1H3. The van der Waals surface area contributed by atoms with Crippen molar-refractivity contribution in [1.82, 2.24) is 4.98 Å². The van der Waals surface area contributed by atoms with E-state index in [9.17, 15) is 0 Å². The summed E-state index contributed by atoms with van der Waals surface area (Å²) >= 11 is 5.43. The zero-order chi connectivity index (χ0) is 7.11. The highest BCUT2D eigenvalue weighted by Gasteiger charge is 1.76. The Labute approximate surface area is 62.7 Å². The fourth-order valence-electron chi connectivity index (χ4n) is 0.342. The first-order valence-corrected chi connectivity index (χ1v) is 4.07. The molecule has 0 radical (unpaired) electrons. The van der Waals surface area contributed by atoms with Crippen molar-refractivity contribution in [3.63, 3.8) is 0 Å². The number of hydrogen-bond acceptors (Lipinski definition) is 1. The SMILES string of the molecule is CP.Clc1ccccn1. The van der Waals surface area contributed by atoms with Crippen LogP contribution in [0, 0.1) is 0 Å². The molecule has 0 aliphatic carbocycles. The molecule has 0 saturated carbocycles. The summed E-state index contributed by atoms with van der Waals surface area (Å²) in [5, 5.41) is 0.544. The van der Waals surface area contributed by atoms with Crippen LogP contribution < -0.4 is 0 Å². The monoisotopic (exact) mass is 161 g/mol. The largest absolute Gasteiger partial charge is 0.245 e. The minimum absolute atomic E-state index is 0.544. The number of aromatic nitrogens is 1. The zero-order valence-electron chi connectivity index (χ0n) is 5.21. The molecule has 50 valence electrons. The molecule has 0 bridgehead atoms. The number of rotatable bonds is 0. The van der Waals surface area contributed by atoms with Crippen LogP contribution >= 0.6 is 20.8 Å². The summed E-state index contributed by atoms with van der Waals surface area (Å²) < 4.78 is 0. The van der Waals surface area contributed by atoms with Crippen molar-refractivity contribution >= 4 is 20.8 Å². The molecule has 9 heavy (non-hydrogen) atoms. The Hall–Kier alpha value is -0.130. The van der Waals surface area contributed by atoms with Gasteiger partial charge in [0.05, 0.1) is 0 Å². The van der Waals surface area contributed by atoms with Crippen LogP contribution in [0.1, 0.15) is 0 Å². The van der Waals surface area contributed by atoms with E-state index in [2.05, 4.69) is 14.2 Å². The van der Waals surface area contributed by atoms with Gasteiger partial charge in [-0.1, -0.05) is 24.3 Å². The predicted octanol–water partition coefficient (Wildman–Crippen LogP) is 2.23. The fraction of sp³-hybridized carbons (Fsp3) is 0.167. The molecule has 0 amide bonds. The quantitative estimate of drug-likeness (QED) is 0.420. The van der Waals surface area contributed by atoms with Crippen molar-refractivity contribution in [3.8, 4) is 0 Å². The number of nitrogens with zero attached hydrogens (tertiary/aromatic N) is 1. The van der Waals surface area contributed by atoms with Gasteiger partial charge in [0.2, 0.25) is 0 Å². The van der Waals surface area contributed by atoms with Crippen molar-refractivity contribution in [1.29, 1.82) is 0 Å². The highest BCUT2D eigenvalue weighted by atomic mass is 35.5. The minimum Gasteiger partial charge on any atom is -0.245 e. The Balaban J connectivity index is 0.000000291. The van der Waals surface area contributed by atoms with Gasteiger partial charge in [-0.3, -0.25) is 0 Å². The van der Waals surface area contributed by atoms with Gasteiger partial charge < -0.3 is 0 Å². The van der Waals surface area contributed by atoms with Crippen LogP contribution in [0.4, 0.5) is 0 Å². The van der Waals surface area contributed by atoms with Gasteiger partial charge in [0, 0.05) is 6.20 Å². The van der Waals surface area contributed by atoms with Gasteiger partial charge in [-0.05, 0) is 12.1 Å². The Morgan fingerprint density at radius 3 is 2.33 bits per heavy atom. The summed E-state index contributed by atoms with van der Waals surface area (Å²) in [7, 11) is 2.42. The molecule has 1 aromatic heterocycles. The summed E-state index contributed by atoms with van der Waals surface area (Å²) in [6, 6.07) is 5.41. The van der Waals surface area contributed by atoms with Crippen LogP contribution in [0.25, 0.3) is 0 Å². The third-order valence-corrected chi connectivity index (χ3v) is 0.852. The van der Waals surface area contributed by atoms with Crippen molar-refractivity contribution in [2.24, 2.45) is 0 Å². The third-order valence-electron chi connectivity index (χ3n) is 0.629. The van der Waals surface area contributed by atoms with E-state index in [1.807, 2.05) is 18.8 Å². The van der Waals surface area contributed by atoms with E-state index in [0.717, 1.165) is 0 Å². The molecule has 1 aromatic rings. The summed E-state index contributed by atoms with van der Waals surface area (Å²) in [4.78, 5) is 3.74. The molecule has 1 rings (SSSR count). The lowest BCUT2D eigenvalue weighted by Crippen LogP contribution is -1.65. The Bertz CT molecular complexity index is 143. The van der Waals surface area contributed by atoms with Crippen molar-refractivity contribution < 1.29 is 0 Å². The molecule has 0 N–H and O–H groups in total. The molecule has 0 spiro atoms. The first-order chi connectivity index (χ1) is 4.39. The molecule has 0 aliphatic heterocycles. The minimum atomic E-state index is 0.544. The molecule has 1 atom stereocenters. The summed E-state index contributed by atoms with van der Waals surface area (Å²) in [6.45, 7) is 1.92. The highest BCUT2D eigenvalue weighted by molar-refractivity contribution is 7.15. The van der Waals surface area contributed by atoms with Crippen molar-refractivity contribution in [2.45, 2.75) is 0 Å². The van der Waals surface area contributed by atoms with Crippen molar-refractivity contribution in [3.05, 3.63) is 29.5 Å². The van der Waals surface area contributed by atoms with Gasteiger partial charge in [0.25, 0.3) is 0 Å². The van der Waals surface area contributed by atoms with Crippen LogP contribution in [0.2, 0.25) is 5.15 Å². The lowest BCUT2D eigenvalue weighted by Gasteiger charge is -1.79. The van der Waals surface area contributed by atoms with E-state index >= 15 is 0 Å². The summed E-state index contributed by atoms with van der Waals surface area (Å²) in [6.07, 6.45) is 1.66. The maximum atomic E-state index is 5.43. The number of halogens is 1. The average Bonchev–Trinajstić information content (AvgIpc) is 1.94. The fourth-order valence-corrected chi connectivity index (χ4v) is 0.471. The maximum absolute atomic E-state index is 5.43. The number of pyridine rings is 1. The second-order valence-corrected chi connectivity index (χ2v) is 1.54. The highest BCUT2D eigenvalue weighted by Crippen LogP contribution is 1.98. The molecule has 0 aromatic carbocycles. The Kier molecular flexibility index (Phi) is 5.91. The van der Waals surface area contributed by atoms with Gasteiger partial charge >= 0.3 is 0 Å². The van der Waals surface area contributed by atoms with Gasteiger partial charge in [-0.25, -0.2) is 4.98 Å². The summed E-state index contributed by atoms with van der Waals surface area (Å²) in [5.74, 6) is 0. The van der Waals surface area contributed by atoms with E-state index in [0.29, 0.717) is 5.15 Å². The van der Waals surface area contributed by atoms with E-state index in [1.165, 1.54) is 0 Å². The zero-order valence-corrected chi connectivity index (χ0v) is 7.12. The molecule has 3 heteroatoms. The second kappa shape index (κ2) is 6.00. The lowest BCUT2D eigenvalue weighted by molar-refractivity contribution is 1.33. The summed E-state index contributed by atoms with van der Waals surface area (Å²) in [5.41, 5.74) is 0. The maximum Gasteiger partial charge on any atom is 0.129 e. The smallest absolute Gasteiger partial charge is 0.129 e. The van der Waals surface area contributed by atoms with Crippen molar-refractivity contribution in [2.75, 3.05) is 6.66 Å². The van der Waals surface area contributed by atoms with Crippen LogP contribution in [0.3, 0.4) is 0 Å². The molecule has 1 heterocycles. The first-order valence-electron chi connectivity index (χ1n) is 2.54. The molecule has 0 aliphatic rings. The normalized spacial score (nSPS) is 7.44. The van der Waals surface area contributed by atoms with Crippen LogP contribution in [-0.4, -0.2) is 11.6 Å². The average molecular weight is 162 g/mol. The third kappa shape index (κ3) is 4.38. The molecular weight excluding hydrogens is 152 g/mol. The second-order valence-electron chi connectivity index (χ2n) is 1.15. The molecule has 0 fully saturated rings. The Morgan fingerprint density at radius 2 is 2.11 bits per heavy atom. The van der Waals surface area contributed by atoms with E-state index < -0.39 is 0 Å². The molecule has 1 nitrogen and oxygen atoms in total. The van der Waals surface area contributed by atoms with Gasteiger partial charge in [-0.15, -0.1) is 9.24 Å². The van der Waals surface area contributed by atoms with Gasteiger partial charge in [-0.2, -0.15) is 0 Å². The van der Waals surface area contributed by atoms with Crippen LogP contribution in [0.5, 0.6) is 0 Å².